The minimum absolute atomic E-state index is 0.0235. The number of carbonyl (C=O) groups is 2. The highest BCUT2D eigenvalue weighted by Gasteiger charge is 2.13. The van der Waals surface area contributed by atoms with E-state index in [1.165, 1.54) is 5.56 Å². The normalized spacial score (nSPS) is 10.7. The summed E-state index contributed by atoms with van der Waals surface area (Å²) in [5, 5.41) is 7.41. The van der Waals surface area contributed by atoms with Gasteiger partial charge < -0.3 is 5.32 Å². The number of Topliss-reactive ketones (excluding diaryl/α,β-unsaturated/α-hetero) is 1. The fraction of sp³-hybridized carbons (Fsp3) is 0.261. The van der Waals surface area contributed by atoms with Crippen molar-refractivity contribution in [2.75, 3.05) is 5.32 Å². The molecule has 5 nitrogen and oxygen atoms in total. The maximum atomic E-state index is 12.4. The molecule has 0 unspecified atom stereocenters. The fourth-order valence-corrected chi connectivity index (χ4v) is 3.15. The molecule has 0 saturated carbocycles. The number of anilines is 1. The summed E-state index contributed by atoms with van der Waals surface area (Å²) in [6.45, 7) is 5.98. The van der Waals surface area contributed by atoms with Gasteiger partial charge >= 0.3 is 0 Å². The Kier molecular flexibility index (Phi) is 6.04. The van der Waals surface area contributed by atoms with Gasteiger partial charge in [-0.3, -0.25) is 9.59 Å². The van der Waals surface area contributed by atoms with Crippen molar-refractivity contribution in [3.8, 4) is 5.69 Å². The number of hydrogen-bond donors (Lipinski definition) is 1. The first kappa shape index (κ1) is 19.5. The maximum Gasteiger partial charge on any atom is 0.224 e. The smallest absolute Gasteiger partial charge is 0.224 e. The summed E-state index contributed by atoms with van der Waals surface area (Å²) in [5.41, 5.74) is 5.23. The highest BCUT2D eigenvalue weighted by Crippen LogP contribution is 2.22. The molecule has 0 bridgehead atoms. The van der Waals surface area contributed by atoms with Gasteiger partial charge in [-0.15, -0.1) is 0 Å². The van der Waals surface area contributed by atoms with Gasteiger partial charge in [0.1, 0.15) is 0 Å². The minimum Gasteiger partial charge on any atom is -0.324 e. The Morgan fingerprint density at radius 3 is 2.36 bits per heavy atom. The van der Waals surface area contributed by atoms with E-state index in [0.717, 1.165) is 23.5 Å². The molecule has 1 amide bonds. The second kappa shape index (κ2) is 8.65. The van der Waals surface area contributed by atoms with Crippen molar-refractivity contribution in [1.82, 2.24) is 9.78 Å². The molecule has 1 heterocycles. The van der Waals surface area contributed by atoms with Crippen LogP contribution in [-0.2, 0) is 11.2 Å². The van der Waals surface area contributed by atoms with Crippen molar-refractivity contribution in [1.29, 1.82) is 0 Å². The lowest BCUT2D eigenvalue weighted by atomic mass is 10.0. The van der Waals surface area contributed by atoms with E-state index in [9.17, 15) is 9.59 Å². The van der Waals surface area contributed by atoms with Gasteiger partial charge in [0.2, 0.25) is 5.91 Å². The van der Waals surface area contributed by atoms with Crippen molar-refractivity contribution in [2.45, 2.75) is 40.0 Å². The summed E-state index contributed by atoms with van der Waals surface area (Å²) in [6.07, 6.45) is 1.25. The van der Waals surface area contributed by atoms with Crippen LogP contribution in [0.2, 0.25) is 0 Å². The predicted molar refractivity (Wildman–Crippen MR) is 111 cm³/mol. The molecule has 0 saturated heterocycles. The Morgan fingerprint density at radius 2 is 1.71 bits per heavy atom. The number of amides is 1. The first-order chi connectivity index (χ1) is 13.5. The molecule has 0 atom stereocenters. The van der Waals surface area contributed by atoms with Crippen LogP contribution >= 0.6 is 0 Å². The largest absolute Gasteiger partial charge is 0.324 e. The summed E-state index contributed by atoms with van der Waals surface area (Å²) < 4.78 is 1.81. The molecule has 3 aromatic rings. The van der Waals surface area contributed by atoms with Crippen molar-refractivity contribution >= 4 is 17.4 Å². The molecular weight excluding hydrogens is 350 g/mol. The molecule has 2 aromatic carbocycles. The van der Waals surface area contributed by atoms with Gasteiger partial charge in [-0.2, -0.15) is 5.10 Å². The van der Waals surface area contributed by atoms with Crippen LogP contribution in [0.4, 0.5) is 5.69 Å². The van der Waals surface area contributed by atoms with Gasteiger partial charge in [-0.1, -0.05) is 43.3 Å². The average molecular weight is 375 g/mol. The lowest BCUT2D eigenvalue weighted by Crippen LogP contribution is -2.15. The van der Waals surface area contributed by atoms with E-state index in [0.29, 0.717) is 11.3 Å². The SMILES string of the molecule is CCc1ccc(C(=O)CCC(=O)Nc2ccccc2-n2nc(C)cc2C)cc1. The molecule has 1 N–H and O–H groups in total. The van der Waals surface area contributed by atoms with Crippen molar-refractivity contribution in [2.24, 2.45) is 0 Å². The van der Waals surface area contributed by atoms with Gasteiger partial charge in [0, 0.05) is 24.1 Å². The molecule has 3 rings (SSSR count). The number of rotatable bonds is 7. The number of nitrogens with zero attached hydrogens (tertiary/aromatic N) is 2. The van der Waals surface area contributed by atoms with Crippen LogP contribution < -0.4 is 5.32 Å². The lowest BCUT2D eigenvalue weighted by Gasteiger charge is -2.12. The van der Waals surface area contributed by atoms with Gasteiger partial charge in [-0.25, -0.2) is 4.68 Å². The molecule has 5 heteroatoms. The van der Waals surface area contributed by atoms with Gasteiger partial charge in [-0.05, 0) is 44.0 Å². The Labute approximate surface area is 165 Å². The van der Waals surface area contributed by atoms with Gasteiger partial charge in [0.05, 0.1) is 17.1 Å². The molecule has 0 aliphatic carbocycles. The summed E-state index contributed by atoms with van der Waals surface area (Å²) >= 11 is 0. The van der Waals surface area contributed by atoms with E-state index >= 15 is 0 Å². The third-order valence-electron chi connectivity index (χ3n) is 4.68. The van der Waals surface area contributed by atoms with Crippen LogP contribution in [0.15, 0.2) is 54.6 Å². The number of nitrogens with one attached hydrogen (secondary N) is 1. The monoisotopic (exact) mass is 375 g/mol. The number of carbonyl (C=O) groups excluding carboxylic acids is 2. The lowest BCUT2D eigenvalue weighted by molar-refractivity contribution is -0.116. The van der Waals surface area contributed by atoms with Crippen LogP contribution in [0.3, 0.4) is 0 Å². The van der Waals surface area contributed by atoms with Crippen LogP contribution in [-0.4, -0.2) is 21.5 Å². The van der Waals surface area contributed by atoms with E-state index in [1.54, 1.807) is 0 Å². The number of aromatic nitrogens is 2. The van der Waals surface area contributed by atoms with Gasteiger partial charge in [0.15, 0.2) is 5.78 Å². The van der Waals surface area contributed by atoms with E-state index in [-0.39, 0.29) is 24.5 Å². The molecule has 0 aliphatic heterocycles. The molecule has 0 aliphatic rings. The van der Waals surface area contributed by atoms with Gasteiger partial charge in [0.25, 0.3) is 0 Å². The second-order valence-electron chi connectivity index (χ2n) is 6.88. The van der Waals surface area contributed by atoms with E-state index in [2.05, 4.69) is 17.3 Å². The summed E-state index contributed by atoms with van der Waals surface area (Å²) in [6, 6.07) is 17.1. The number of para-hydroxylation sites is 2. The number of aryl methyl sites for hydroxylation is 3. The number of ketones is 1. The maximum absolute atomic E-state index is 12.4. The quantitative estimate of drug-likeness (QED) is 0.611. The number of hydrogen-bond acceptors (Lipinski definition) is 3. The standard InChI is InChI=1S/C23H25N3O2/c1-4-18-9-11-19(12-10-18)22(27)13-14-23(28)24-20-7-5-6-8-21(20)26-17(3)15-16(2)25-26/h5-12,15H,4,13-14H2,1-3H3,(H,24,28). The molecular formula is C23H25N3O2. The topological polar surface area (TPSA) is 64.0 Å². The molecule has 1 aromatic heterocycles. The van der Waals surface area contributed by atoms with E-state index < -0.39 is 0 Å². The molecule has 0 fully saturated rings. The van der Waals surface area contributed by atoms with Crippen LogP contribution in [0, 0.1) is 13.8 Å². The highest BCUT2D eigenvalue weighted by molar-refractivity contribution is 6.00. The Balaban J connectivity index is 1.65. The summed E-state index contributed by atoms with van der Waals surface area (Å²) in [4.78, 5) is 24.8. The zero-order chi connectivity index (χ0) is 20.1. The first-order valence-electron chi connectivity index (χ1n) is 9.52. The summed E-state index contributed by atoms with van der Waals surface area (Å²) in [7, 11) is 0. The average Bonchev–Trinajstić information content (AvgIpc) is 3.04. The zero-order valence-electron chi connectivity index (χ0n) is 16.5. The Bertz CT molecular complexity index is 987. The summed E-state index contributed by atoms with van der Waals surface area (Å²) in [5.74, 6) is -0.211. The van der Waals surface area contributed by atoms with E-state index in [1.807, 2.05) is 73.1 Å². The molecule has 28 heavy (non-hydrogen) atoms. The first-order valence-corrected chi connectivity index (χ1v) is 9.52. The van der Waals surface area contributed by atoms with Crippen molar-refractivity contribution < 1.29 is 9.59 Å². The molecule has 0 radical (unpaired) electrons. The third-order valence-corrected chi connectivity index (χ3v) is 4.68. The molecule has 0 spiro atoms. The number of benzene rings is 2. The van der Waals surface area contributed by atoms with Crippen LogP contribution in [0.5, 0.6) is 0 Å². The minimum atomic E-state index is -0.187. The van der Waals surface area contributed by atoms with E-state index in [4.69, 9.17) is 0 Å². The predicted octanol–water partition coefficient (Wildman–Crippen LogP) is 4.65. The second-order valence-corrected chi connectivity index (χ2v) is 6.88. The Hall–Kier alpha value is -3.21. The van der Waals surface area contributed by atoms with Crippen molar-refractivity contribution in [3.63, 3.8) is 0 Å². The van der Waals surface area contributed by atoms with Crippen molar-refractivity contribution in [3.05, 3.63) is 77.1 Å². The zero-order valence-corrected chi connectivity index (χ0v) is 16.5. The van der Waals surface area contributed by atoms with Crippen LogP contribution in [0.1, 0.15) is 47.1 Å². The Morgan fingerprint density at radius 1 is 1.00 bits per heavy atom. The highest BCUT2D eigenvalue weighted by atomic mass is 16.2. The molecule has 144 valence electrons. The van der Waals surface area contributed by atoms with Crippen LogP contribution in [0.25, 0.3) is 5.69 Å². The third kappa shape index (κ3) is 4.55. The fourth-order valence-electron chi connectivity index (χ4n) is 3.15.